The van der Waals surface area contributed by atoms with E-state index in [4.69, 9.17) is 4.74 Å². The lowest BCUT2D eigenvalue weighted by atomic mass is 9.98. The van der Waals surface area contributed by atoms with Crippen LogP contribution in [-0.4, -0.2) is 18.0 Å². The van der Waals surface area contributed by atoms with E-state index in [-0.39, 0.29) is 40.1 Å². The van der Waals surface area contributed by atoms with Gasteiger partial charge in [-0.05, 0) is 18.6 Å². The summed E-state index contributed by atoms with van der Waals surface area (Å²) >= 11 is 0. The van der Waals surface area contributed by atoms with E-state index >= 15 is 0 Å². The molecule has 0 N–H and O–H groups in total. The van der Waals surface area contributed by atoms with Crippen LogP contribution in [-0.2, 0) is 9.59 Å². The van der Waals surface area contributed by atoms with Crippen LogP contribution in [0.2, 0.25) is 0 Å². The molecule has 0 saturated carbocycles. The zero-order valence-electron chi connectivity index (χ0n) is 13.0. The Bertz CT molecular complexity index is 734. The summed E-state index contributed by atoms with van der Waals surface area (Å²) in [6, 6.07) is 12.9. The van der Waals surface area contributed by atoms with Gasteiger partial charge in [-0.1, -0.05) is 50.2 Å². The standard InChI is InChI=1S/C19H17O4/c1-3-13(2)19(22)23-17-11-7-6-10-16(17)18(21)15-9-5-4-8-14(15)12-20/h4-11,13H,3H2,1-2H3. The van der Waals surface area contributed by atoms with Gasteiger partial charge in [-0.3, -0.25) is 14.4 Å². The van der Waals surface area contributed by atoms with Crippen molar-refractivity contribution in [2.24, 2.45) is 5.92 Å². The predicted molar refractivity (Wildman–Crippen MR) is 86.2 cm³/mol. The van der Waals surface area contributed by atoms with Gasteiger partial charge in [0.15, 0.2) is 5.78 Å². The Hall–Kier alpha value is -2.75. The summed E-state index contributed by atoms with van der Waals surface area (Å²) in [4.78, 5) is 35.7. The molecule has 0 bridgehead atoms. The molecule has 0 aliphatic heterocycles. The molecule has 2 rings (SSSR count). The van der Waals surface area contributed by atoms with Crippen molar-refractivity contribution < 1.29 is 19.1 Å². The first-order valence-corrected chi connectivity index (χ1v) is 7.41. The molecule has 2 aromatic carbocycles. The van der Waals surface area contributed by atoms with Crippen LogP contribution < -0.4 is 4.74 Å². The highest BCUT2D eigenvalue weighted by atomic mass is 16.5. The van der Waals surface area contributed by atoms with Crippen molar-refractivity contribution in [1.82, 2.24) is 0 Å². The molecule has 0 fully saturated rings. The minimum Gasteiger partial charge on any atom is -0.426 e. The topological polar surface area (TPSA) is 60.4 Å². The lowest BCUT2D eigenvalue weighted by Gasteiger charge is -2.12. The quantitative estimate of drug-likeness (QED) is 0.466. The van der Waals surface area contributed by atoms with Crippen molar-refractivity contribution >= 4 is 18.0 Å². The average Bonchev–Trinajstić information content (AvgIpc) is 2.60. The fourth-order valence-corrected chi connectivity index (χ4v) is 2.03. The van der Waals surface area contributed by atoms with E-state index in [1.165, 1.54) is 6.07 Å². The summed E-state index contributed by atoms with van der Waals surface area (Å²) in [5.41, 5.74) is 0.655. The Morgan fingerprint density at radius 1 is 1.04 bits per heavy atom. The molecule has 117 valence electrons. The van der Waals surface area contributed by atoms with Crippen LogP contribution in [0.4, 0.5) is 0 Å². The molecular weight excluding hydrogens is 292 g/mol. The minimum absolute atomic E-state index is 0.181. The van der Waals surface area contributed by atoms with E-state index in [9.17, 15) is 14.4 Å². The molecule has 2 aromatic rings. The number of benzene rings is 2. The maximum atomic E-state index is 12.7. The number of carbonyl (C=O) groups excluding carboxylic acids is 3. The largest absolute Gasteiger partial charge is 0.426 e. The third kappa shape index (κ3) is 3.72. The molecule has 23 heavy (non-hydrogen) atoms. The Kier molecular flexibility index (Phi) is 5.41. The fourth-order valence-electron chi connectivity index (χ4n) is 2.03. The third-order valence-corrected chi connectivity index (χ3v) is 3.64. The molecular formula is C19H17O4. The van der Waals surface area contributed by atoms with Crippen molar-refractivity contribution in [1.29, 1.82) is 0 Å². The number of para-hydroxylation sites is 1. The van der Waals surface area contributed by atoms with Crippen LogP contribution in [0.5, 0.6) is 5.75 Å². The fraction of sp³-hybridized carbons (Fsp3) is 0.211. The molecule has 4 nitrogen and oxygen atoms in total. The summed E-state index contributed by atoms with van der Waals surface area (Å²) in [7, 11) is 0. The summed E-state index contributed by atoms with van der Waals surface area (Å²) < 4.78 is 5.36. The highest BCUT2D eigenvalue weighted by Crippen LogP contribution is 2.24. The first-order chi connectivity index (χ1) is 11.1. The van der Waals surface area contributed by atoms with Gasteiger partial charge in [0.05, 0.1) is 11.5 Å². The van der Waals surface area contributed by atoms with E-state index in [0.717, 1.165) is 0 Å². The molecule has 0 aliphatic rings. The Morgan fingerprint density at radius 2 is 1.65 bits per heavy atom. The highest BCUT2D eigenvalue weighted by molar-refractivity contribution is 6.14. The second kappa shape index (κ2) is 7.49. The van der Waals surface area contributed by atoms with E-state index in [2.05, 4.69) is 0 Å². The summed E-state index contributed by atoms with van der Waals surface area (Å²) in [5.74, 6) is -0.822. The summed E-state index contributed by atoms with van der Waals surface area (Å²) in [6.07, 6.45) is 2.41. The lowest BCUT2D eigenvalue weighted by Crippen LogP contribution is -2.18. The molecule has 1 radical (unpaired) electrons. The molecule has 0 heterocycles. The summed E-state index contributed by atoms with van der Waals surface area (Å²) in [5, 5.41) is 0. The maximum Gasteiger partial charge on any atom is 0.314 e. The van der Waals surface area contributed by atoms with Gasteiger partial charge in [-0.25, -0.2) is 0 Å². The number of hydrogen-bond donors (Lipinski definition) is 0. The van der Waals surface area contributed by atoms with Crippen LogP contribution in [0.15, 0.2) is 48.5 Å². The van der Waals surface area contributed by atoms with Crippen molar-refractivity contribution in [3.05, 3.63) is 65.2 Å². The van der Waals surface area contributed by atoms with Crippen LogP contribution >= 0.6 is 0 Å². The van der Waals surface area contributed by atoms with E-state index in [1.54, 1.807) is 55.7 Å². The van der Waals surface area contributed by atoms with Crippen LogP contribution in [0.3, 0.4) is 0 Å². The minimum atomic E-state index is -0.386. The van der Waals surface area contributed by atoms with Gasteiger partial charge in [0, 0.05) is 11.1 Å². The Balaban J connectivity index is 2.38. The molecule has 0 amide bonds. The normalized spacial score (nSPS) is 11.6. The smallest absolute Gasteiger partial charge is 0.314 e. The Labute approximate surface area is 135 Å². The first-order valence-electron chi connectivity index (χ1n) is 7.41. The molecule has 4 heteroatoms. The molecule has 0 saturated heterocycles. The lowest BCUT2D eigenvalue weighted by molar-refractivity contribution is -0.138. The van der Waals surface area contributed by atoms with Gasteiger partial charge in [-0.15, -0.1) is 0 Å². The van der Waals surface area contributed by atoms with Gasteiger partial charge in [0.2, 0.25) is 6.29 Å². The molecule has 1 atom stereocenters. The third-order valence-electron chi connectivity index (χ3n) is 3.64. The molecule has 0 aliphatic carbocycles. The predicted octanol–water partition coefficient (Wildman–Crippen LogP) is 3.33. The van der Waals surface area contributed by atoms with Crippen molar-refractivity contribution in [3.63, 3.8) is 0 Å². The maximum absolute atomic E-state index is 12.7. The second-order valence-electron chi connectivity index (χ2n) is 5.20. The van der Waals surface area contributed by atoms with Gasteiger partial charge < -0.3 is 4.74 Å². The van der Waals surface area contributed by atoms with Crippen molar-refractivity contribution in [2.75, 3.05) is 0 Å². The average molecular weight is 309 g/mol. The summed E-state index contributed by atoms with van der Waals surface area (Å²) in [6.45, 7) is 3.66. The monoisotopic (exact) mass is 309 g/mol. The zero-order chi connectivity index (χ0) is 16.8. The van der Waals surface area contributed by atoms with Gasteiger partial charge in [0.25, 0.3) is 0 Å². The number of ether oxygens (including phenoxy) is 1. The number of carbonyl (C=O) groups is 2. The number of ketones is 1. The van der Waals surface area contributed by atoms with Gasteiger partial charge in [-0.2, -0.15) is 0 Å². The second-order valence-corrected chi connectivity index (χ2v) is 5.20. The number of hydrogen-bond acceptors (Lipinski definition) is 4. The van der Waals surface area contributed by atoms with Crippen molar-refractivity contribution in [2.45, 2.75) is 20.3 Å². The first kappa shape index (κ1) is 16.6. The highest BCUT2D eigenvalue weighted by Gasteiger charge is 2.20. The number of esters is 1. The van der Waals surface area contributed by atoms with Crippen LogP contribution in [0.25, 0.3) is 0 Å². The van der Waals surface area contributed by atoms with Gasteiger partial charge in [0.1, 0.15) is 5.75 Å². The number of rotatable bonds is 6. The molecule has 0 spiro atoms. The van der Waals surface area contributed by atoms with E-state index < -0.39 is 0 Å². The SMILES string of the molecule is CCC(C)C(=O)Oc1ccccc1C(=O)c1ccccc1[C]=O. The van der Waals surface area contributed by atoms with Crippen LogP contribution in [0.1, 0.15) is 41.8 Å². The molecule has 1 unspecified atom stereocenters. The Morgan fingerprint density at radius 3 is 2.30 bits per heavy atom. The zero-order valence-corrected chi connectivity index (χ0v) is 13.0. The molecule has 0 aromatic heterocycles. The van der Waals surface area contributed by atoms with Crippen LogP contribution in [0, 0.1) is 5.92 Å². The van der Waals surface area contributed by atoms with E-state index in [0.29, 0.717) is 6.42 Å². The van der Waals surface area contributed by atoms with Gasteiger partial charge >= 0.3 is 5.97 Å². The van der Waals surface area contributed by atoms with Crippen molar-refractivity contribution in [3.8, 4) is 5.75 Å². The van der Waals surface area contributed by atoms with E-state index in [1.807, 2.05) is 6.92 Å².